The van der Waals surface area contributed by atoms with Gasteiger partial charge in [-0.25, -0.2) is 15.0 Å². The van der Waals surface area contributed by atoms with Crippen LogP contribution in [0.5, 0.6) is 0 Å². The van der Waals surface area contributed by atoms with Gasteiger partial charge in [-0.1, -0.05) is 140 Å². The van der Waals surface area contributed by atoms with Gasteiger partial charge in [0.1, 0.15) is 11.2 Å². The minimum Gasteiger partial charge on any atom is -0.456 e. The number of para-hydroxylation sites is 4. The molecule has 61 heavy (non-hydrogen) atoms. The molecule has 13 aromatic rings. The summed E-state index contributed by atoms with van der Waals surface area (Å²) in [6.45, 7) is 0. The fourth-order valence-electron chi connectivity index (χ4n) is 9.52. The van der Waals surface area contributed by atoms with Crippen molar-refractivity contribution in [1.29, 1.82) is 0 Å². The summed E-state index contributed by atoms with van der Waals surface area (Å²) in [4.78, 5) is 16.3. The highest BCUT2D eigenvalue weighted by Gasteiger charge is 2.26. The molecule has 0 aliphatic heterocycles. The van der Waals surface area contributed by atoms with Crippen LogP contribution in [0.15, 0.2) is 205 Å². The van der Waals surface area contributed by atoms with Crippen molar-refractivity contribution in [2.24, 2.45) is 0 Å². The van der Waals surface area contributed by atoms with Gasteiger partial charge in [-0.15, -0.1) is 0 Å². The summed E-state index contributed by atoms with van der Waals surface area (Å²) in [5.41, 5.74) is 10.7. The molecule has 6 nitrogen and oxygen atoms in total. The Kier molecular flexibility index (Phi) is 7.21. The quantitative estimate of drug-likeness (QED) is 0.175. The molecule has 0 atom stereocenters. The number of aromatic nitrogens is 5. The molecule has 0 saturated carbocycles. The summed E-state index contributed by atoms with van der Waals surface area (Å²) >= 11 is 0. The lowest BCUT2D eigenvalue weighted by molar-refractivity contribution is 0.669. The first-order chi connectivity index (χ1) is 30.3. The highest BCUT2D eigenvalue weighted by Crippen LogP contribution is 2.44. The summed E-state index contributed by atoms with van der Waals surface area (Å²) in [6.07, 6.45) is 0. The molecule has 0 spiro atoms. The molecule has 0 aliphatic carbocycles. The van der Waals surface area contributed by atoms with Crippen LogP contribution in [0.25, 0.3) is 122 Å². The van der Waals surface area contributed by atoms with Crippen molar-refractivity contribution in [3.63, 3.8) is 0 Å². The Morgan fingerprint density at radius 3 is 1.80 bits per heavy atom. The van der Waals surface area contributed by atoms with Crippen LogP contribution in [-0.4, -0.2) is 24.1 Å². The van der Waals surface area contributed by atoms with E-state index in [1.54, 1.807) is 0 Å². The van der Waals surface area contributed by atoms with Gasteiger partial charge in [-0.05, 0) is 71.4 Å². The van der Waals surface area contributed by atoms with Crippen LogP contribution < -0.4 is 0 Å². The zero-order valence-electron chi connectivity index (χ0n) is 32.7. The lowest BCUT2D eigenvalue weighted by Crippen LogP contribution is -2.04. The number of furan rings is 1. The monoisotopic (exact) mass is 779 g/mol. The second kappa shape index (κ2) is 13.1. The molecule has 6 heteroatoms. The first kappa shape index (κ1) is 33.6. The van der Waals surface area contributed by atoms with E-state index in [1.165, 1.54) is 21.5 Å². The third-order valence-electron chi connectivity index (χ3n) is 12.1. The maximum Gasteiger partial charge on any atom is 0.166 e. The SMILES string of the molecule is c1ccc(-c2nc(-c3c(-n4c5ccccc5c5cc6ccccc6cc54)ccc4oc5ccccc5c34)nc(-c3cccc4c3c3ccccc3n4-c3ccccc3)n2)cc1. The Morgan fingerprint density at radius 1 is 0.361 bits per heavy atom. The average Bonchev–Trinajstić information content (AvgIpc) is 3.98. The topological polar surface area (TPSA) is 61.7 Å². The minimum absolute atomic E-state index is 0.562. The molecule has 4 heterocycles. The predicted molar refractivity (Wildman–Crippen MR) is 250 cm³/mol. The standard InChI is InChI=1S/C55H33N5O/c1-3-16-34(17-4-1)53-56-54(41-25-15-28-45-50(41)39-23-10-13-27-44(39)59(45)37-20-5-2-6-21-37)58-55(57-53)52-46(30-31-49-51(52)40-24-11-14-29-48(40)61-49)60-43-26-12-9-22-38(43)42-32-35-18-7-8-19-36(35)33-47(42)60/h1-33H. The fraction of sp³-hybridized carbons (Fsp3) is 0. The van der Waals surface area contributed by atoms with Gasteiger partial charge in [0.15, 0.2) is 17.5 Å². The second-order valence-corrected chi connectivity index (χ2v) is 15.6. The third-order valence-corrected chi connectivity index (χ3v) is 12.1. The van der Waals surface area contributed by atoms with Crippen LogP contribution in [0.4, 0.5) is 0 Å². The number of nitrogens with zero attached hydrogens (tertiary/aromatic N) is 5. The number of fused-ring (bicyclic) bond motifs is 10. The van der Waals surface area contributed by atoms with Gasteiger partial charge < -0.3 is 13.6 Å². The Morgan fingerprint density at radius 2 is 0.984 bits per heavy atom. The largest absolute Gasteiger partial charge is 0.456 e. The molecule has 0 N–H and O–H groups in total. The number of hydrogen-bond acceptors (Lipinski definition) is 4. The van der Waals surface area contributed by atoms with E-state index in [9.17, 15) is 0 Å². The van der Waals surface area contributed by atoms with E-state index < -0.39 is 0 Å². The third kappa shape index (κ3) is 5.06. The molecule has 9 aromatic carbocycles. The van der Waals surface area contributed by atoms with Crippen LogP contribution in [0, 0.1) is 0 Å². The molecule has 0 aliphatic rings. The van der Waals surface area contributed by atoms with Crippen molar-refractivity contribution in [3.8, 4) is 45.5 Å². The zero-order chi connectivity index (χ0) is 40.0. The van der Waals surface area contributed by atoms with Crippen molar-refractivity contribution < 1.29 is 4.42 Å². The van der Waals surface area contributed by atoms with Crippen molar-refractivity contribution in [2.45, 2.75) is 0 Å². The number of benzene rings is 9. The Bertz CT molecular complexity index is 3880. The van der Waals surface area contributed by atoms with E-state index in [2.05, 4.69) is 179 Å². The predicted octanol–water partition coefficient (Wildman–Crippen LogP) is 14.1. The average molecular weight is 780 g/mol. The smallest absolute Gasteiger partial charge is 0.166 e. The van der Waals surface area contributed by atoms with Crippen LogP contribution in [0.3, 0.4) is 0 Å². The minimum atomic E-state index is 0.562. The maximum absolute atomic E-state index is 6.62. The van der Waals surface area contributed by atoms with Crippen molar-refractivity contribution >= 4 is 76.3 Å². The fourth-order valence-corrected chi connectivity index (χ4v) is 9.52. The Labute approximate surface area is 349 Å². The molecule has 284 valence electrons. The molecular weight excluding hydrogens is 747 g/mol. The number of rotatable bonds is 5. The highest BCUT2D eigenvalue weighted by atomic mass is 16.3. The summed E-state index contributed by atoms with van der Waals surface area (Å²) in [6, 6.07) is 70.2. The van der Waals surface area contributed by atoms with Gasteiger partial charge in [-0.2, -0.15) is 0 Å². The van der Waals surface area contributed by atoms with E-state index in [1.807, 2.05) is 30.3 Å². The summed E-state index contributed by atoms with van der Waals surface area (Å²) < 4.78 is 11.3. The van der Waals surface area contributed by atoms with Gasteiger partial charge in [0.05, 0.1) is 33.3 Å². The van der Waals surface area contributed by atoms with Crippen LogP contribution in [0.2, 0.25) is 0 Å². The summed E-state index contributed by atoms with van der Waals surface area (Å²) in [5.74, 6) is 1.74. The van der Waals surface area contributed by atoms with Gasteiger partial charge in [-0.3, -0.25) is 0 Å². The molecule has 13 rings (SSSR count). The van der Waals surface area contributed by atoms with Crippen LogP contribution in [0.1, 0.15) is 0 Å². The molecular formula is C55H33N5O. The summed E-state index contributed by atoms with van der Waals surface area (Å²) in [5, 5.41) is 8.89. The number of hydrogen-bond donors (Lipinski definition) is 0. The van der Waals surface area contributed by atoms with Crippen molar-refractivity contribution in [2.75, 3.05) is 0 Å². The van der Waals surface area contributed by atoms with Crippen LogP contribution in [-0.2, 0) is 0 Å². The first-order valence-corrected chi connectivity index (χ1v) is 20.5. The van der Waals surface area contributed by atoms with Gasteiger partial charge in [0, 0.05) is 49.1 Å². The second-order valence-electron chi connectivity index (χ2n) is 15.6. The molecule has 0 bridgehead atoms. The first-order valence-electron chi connectivity index (χ1n) is 20.5. The Hall–Kier alpha value is -8.35. The Balaban J connectivity index is 1.17. The van der Waals surface area contributed by atoms with Gasteiger partial charge in [0.25, 0.3) is 0 Å². The van der Waals surface area contributed by atoms with E-state index in [0.29, 0.717) is 17.5 Å². The molecule has 0 saturated heterocycles. The summed E-state index contributed by atoms with van der Waals surface area (Å²) in [7, 11) is 0. The van der Waals surface area contributed by atoms with E-state index in [-0.39, 0.29) is 0 Å². The lowest BCUT2D eigenvalue weighted by atomic mass is 10.0. The molecule has 0 amide bonds. The molecule has 0 unspecified atom stereocenters. The molecule has 4 aromatic heterocycles. The van der Waals surface area contributed by atoms with E-state index >= 15 is 0 Å². The van der Waals surface area contributed by atoms with E-state index in [0.717, 1.165) is 82.8 Å². The van der Waals surface area contributed by atoms with Crippen molar-refractivity contribution in [1.82, 2.24) is 24.1 Å². The molecule has 0 fully saturated rings. The van der Waals surface area contributed by atoms with E-state index in [4.69, 9.17) is 19.4 Å². The normalized spacial score (nSPS) is 11.9. The zero-order valence-corrected chi connectivity index (χ0v) is 32.7. The maximum atomic E-state index is 6.62. The highest BCUT2D eigenvalue weighted by molar-refractivity contribution is 6.18. The molecule has 0 radical (unpaired) electrons. The van der Waals surface area contributed by atoms with Crippen molar-refractivity contribution in [3.05, 3.63) is 200 Å². The lowest BCUT2D eigenvalue weighted by Gasteiger charge is -2.16. The van der Waals surface area contributed by atoms with Gasteiger partial charge in [0.2, 0.25) is 0 Å². The van der Waals surface area contributed by atoms with Crippen LogP contribution >= 0.6 is 0 Å². The van der Waals surface area contributed by atoms with Gasteiger partial charge >= 0.3 is 0 Å².